The van der Waals surface area contributed by atoms with Crippen molar-refractivity contribution >= 4 is 5.91 Å². The Kier molecular flexibility index (Phi) is 3.28. The van der Waals surface area contributed by atoms with Crippen molar-refractivity contribution in [3.05, 3.63) is 23.5 Å². The summed E-state index contributed by atoms with van der Waals surface area (Å²) >= 11 is 0. The molecule has 0 bridgehead atoms. The maximum atomic E-state index is 11.9. The van der Waals surface area contributed by atoms with E-state index in [1.54, 1.807) is 13.2 Å². The summed E-state index contributed by atoms with van der Waals surface area (Å²) in [7, 11) is 1.63. The summed E-state index contributed by atoms with van der Waals surface area (Å²) in [6.45, 7) is 6.22. The van der Waals surface area contributed by atoms with Crippen LogP contribution in [0.5, 0.6) is 5.75 Å². The quantitative estimate of drug-likeness (QED) is 0.892. The van der Waals surface area contributed by atoms with Crippen LogP contribution in [0.25, 0.3) is 0 Å². The molecule has 0 aromatic carbocycles. The molecule has 1 aromatic heterocycles. The zero-order chi connectivity index (χ0) is 13.3. The predicted molar refractivity (Wildman–Crippen MR) is 70.0 cm³/mol. The molecule has 4 heteroatoms. The van der Waals surface area contributed by atoms with Gasteiger partial charge in [0.15, 0.2) is 5.75 Å². The maximum Gasteiger partial charge on any atom is 0.254 e. The minimum atomic E-state index is -0.126. The highest BCUT2D eigenvalue weighted by atomic mass is 16.5. The molecular formula is C14H20N2O2. The van der Waals surface area contributed by atoms with Gasteiger partial charge in [-0.3, -0.25) is 9.78 Å². The van der Waals surface area contributed by atoms with Crippen molar-refractivity contribution in [3.63, 3.8) is 0 Å². The number of carbonyl (C=O) groups excluding carboxylic acids is 1. The fourth-order valence-electron chi connectivity index (χ4n) is 1.62. The van der Waals surface area contributed by atoms with Gasteiger partial charge in [0.05, 0.1) is 17.9 Å². The number of aromatic nitrogens is 1. The molecule has 2 rings (SSSR count). The van der Waals surface area contributed by atoms with Crippen molar-refractivity contribution in [2.24, 2.45) is 0 Å². The van der Waals surface area contributed by atoms with Gasteiger partial charge in [0.25, 0.3) is 5.91 Å². The summed E-state index contributed by atoms with van der Waals surface area (Å²) in [5, 5.41) is 2.65. The molecule has 0 atom stereocenters. The van der Waals surface area contributed by atoms with Gasteiger partial charge in [-0.1, -0.05) is 20.8 Å². The van der Waals surface area contributed by atoms with E-state index in [0.29, 0.717) is 11.3 Å². The monoisotopic (exact) mass is 248 g/mol. The summed E-state index contributed by atoms with van der Waals surface area (Å²) in [4.78, 5) is 16.3. The van der Waals surface area contributed by atoms with E-state index in [4.69, 9.17) is 4.74 Å². The standard InChI is InChI=1S/C14H20N2O2/c1-14(2,3)12-7-10(13(17)15-4)11(8-16-12)18-9-5-6-9/h7-9H,5-6H2,1-4H3,(H,15,17). The molecule has 4 nitrogen and oxygen atoms in total. The molecule has 0 aliphatic heterocycles. The lowest BCUT2D eigenvalue weighted by Gasteiger charge is -2.19. The smallest absolute Gasteiger partial charge is 0.254 e. The number of ether oxygens (including phenoxy) is 1. The van der Waals surface area contributed by atoms with E-state index >= 15 is 0 Å². The van der Waals surface area contributed by atoms with Gasteiger partial charge in [0.1, 0.15) is 0 Å². The second-order valence-electron chi connectivity index (χ2n) is 5.71. The third-order valence-electron chi connectivity index (χ3n) is 2.93. The van der Waals surface area contributed by atoms with Crippen molar-refractivity contribution < 1.29 is 9.53 Å². The van der Waals surface area contributed by atoms with E-state index in [1.807, 2.05) is 6.07 Å². The summed E-state index contributed by atoms with van der Waals surface area (Å²) in [5.41, 5.74) is 1.38. The van der Waals surface area contributed by atoms with E-state index in [-0.39, 0.29) is 17.4 Å². The molecule has 1 aliphatic carbocycles. The molecular weight excluding hydrogens is 228 g/mol. The van der Waals surface area contributed by atoms with Gasteiger partial charge in [-0.15, -0.1) is 0 Å². The number of rotatable bonds is 3. The van der Waals surface area contributed by atoms with Crippen LogP contribution in [0.1, 0.15) is 49.7 Å². The van der Waals surface area contributed by atoms with E-state index in [9.17, 15) is 4.79 Å². The van der Waals surface area contributed by atoms with Crippen LogP contribution < -0.4 is 10.1 Å². The van der Waals surface area contributed by atoms with Gasteiger partial charge in [-0.2, -0.15) is 0 Å². The molecule has 1 saturated carbocycles. The van der Waals surface area contributed by atoms with Crippen molar-refractivity contribution in [3.8, 4) is 5.75 Å². The minimum Gasteiger partial charge on any atom is -0.488 e. The van der Waals surface area contributed by atoms with Crippen LogP contribution in [0.4, 0.5) is 0 Å². The number of pyridine rings is 1. The van der Waals surface area contributed by atoms with Crippen LogP contribution in [0, 0.1) is 0 Å². The highest BCUT2D eigenvalue weighted by Crippen LogP contribution is 2.31. The Labute approximate surface area is 108 Å². The zero-order valence-corrected chi connectivity index (χ0v) is 11.4. The number of nitrogens with one attached hydrogen (secondary N) is 1. The zero-order valence-electron chi connectivity index (χ0n) is 11.4. The highest BCUT2D eigenvalue weighted by Gasteiger charge is 2.27. The van der Waals surface area contributed by atoms with Crippen molar-refractivity contribution in [2.75, 3.05) is 7.05 Å². The first kappa shape index (κ1) is 12.9. The van der Waals surface area contributed by atoms with Gasteiger partial charge in [-0.25, -0.2) is 0 Å². The van der Waals surface area contributed by atoms with Crippen LogP contribution >= 0.6 is 0 Å². The molecule has 0 saturated heterocycles. The van der Waals surface area contributed by atoms with Crippen LogP contribution in [-0.4, -0.2) is 24.0 Å². The van der Waals surface area contributed by atoms with E-state index in [2.05, 4.69) is 31.1 Å². The second-order valence-corrected chi connectivity index (χ2v) is 5.71. The van der Waals surface area contributed by atoms with Crippen molar-refractivity contribution in [1.29, 1.82) is 0 Å². The highest BCUT2D eigenvalue weighted by molar-refractivity contribution is 5.96. The molecule has 1 aliphatic rings. The first-order valence-corrected chi connectivity index (χ1v) is 6.31. The Bertz CT molecular complexity index is 459. The molecule has 0 unspecified atom stereocenters. The molecule has 98 valence electrons. The topological polar surface area (TPSA) is 51.2 Å². The Morgan fingerprint density at radius 1 is 1.44 bits per heavy atom. The van der Waals surface area contributed by atoms with Crippen molar-refractivity contribution in [1.82, 2.24) is 10.3 Å². The van der Waals surface area contributed by atoms with Crippen LogP contribution in [0.15, 0.2) is 12.3 Å². The van der Waals surface area contributed by atoms with Gasteiger partial charge in [0.2, 0.25) is 0 Å². The summed E-state index contributed by atoms with van der Waals surface area (Å²) in [5.74, 6) is 0.461. The molecule has 1 heterocycles. The van der Waals surface area contributed by atoms with Crippen molar-refractivity contribution in [2.45, 2.75) is 45.1 Å². The Balaban J connectivity index is 2.37. The lowest BCUT2D eigenvalue weighted by molar-refractivity contribution is 0.0958. The maximum absolute atomic E-state index is 11.9. The van der Waals surface area contributed by atoms with Gasteiger partial charge in [0, 0.05) is 18.2 Å². The number of carbonyl (C=O) groups is 1. The fourth-order valence-corrected chi connectivity index (χ4v) is 1.62. The van der Waals surface area contributed by atoms with Crippen LogP contribution in [0.2, 0.25) is 0 Å². The number of hydrogen-bond donors (Lipinski definition) is 1. The fraction of sp³-hybridized carbons (Fsp3) is 0.571. The number of hydrogen-bond acceptors (Lipinski definition) is 3. The molecule has 1 aromatic rings. The largest absolute Gasteiger partial charge is 0.488 e. The molecule has 0 spiro atoms. The lowest BCUT2D eigenvalue weighted by Crippen LogP contribution is -2.22. The summed E-state index contributed by atoms with van der Waals surface area (Å²) in [6.07, 6.45) is 4.06. The molecule has 1 amide bonds. The van der Waals surface area contributed by atoms with E-state index in [1.165, 1.54) is 0 Å². The first-order valence-electron chi connectivity index (χ1n) is 6.31. The molecule has 1 fully saturated rings. The van der Waals surface area contributed by atoms with Gasteiger partial charge < -0.3 is 10.1 Å². The average molecular weight is 248 g/mol. The second kappa shape index (κ2) is 4.59. The summed E-state index contributed by atoms with van der Waals surface area (Å²) < 4.78 is 5.72. The number of nitrogens with zero attached hydrogens (tertiary/aromatic N) is 1. The SMILES string of the molecule is CNC(=O)c1cc(C(C)(C)C)ncc1OC1CC1. The molecule has 0 radical (unpaired) electrons. The van der Waals surface area contributed by atoms with Crippen LogP contribution in [0.3, 0.4) is 0 Å². The third kappa shape index (κ3) is 2.81. The molecule has 18 heavy (non-hydrogen) atoms. The Hall–Kier alpha value is -1.58. The molecule has 1 N–H and O–H groups in total. The van der Waals surface area contributed by atoms with E-state index in [0.717, 1.165) is 18.5 Å². The normalized spacial score (nSPS) is 15.3. The van der Waals surface area contributed by atoms with Gasteiger partial charge in [-0.05, 0) is 18.9 Å². The third-order valence-corrected chi connectivity index (χ3v) is 2.93. The van der Waals surface area contributed by atoms with Gasteiger partial charge >= 0.3 is 0 Å². The number of amides is 1. The minimum absolute atomic E-state index is 0.0825. The average Bonchev–Trinajstić information content (AvgIpc) is 3.11. The first-order chi connectivity index (χ1) is 8.41. The summed E-state index contributed by atoms with van der Waals surface area (Å²) in [6, 6.07) is 1.83. The van der Waals surface area contributed by atoms with Crippen LogP contribution in [-0.2, 0) is 5.41 Å². The lowest BCUT2D eigenvalue weighted by atomic mass is 9.90. The van der Waals surface area contributed by atoms with E-state index < -0.39 is 0 Å². The predicted octanol–water partition coefficient (Wildman–Crippen LogP) is 2.28. The Morgan fingerprint density at radius 2 is 2.11 bits per heavy atom. The Morgan fingerprint density at radius 3 is 2.61 bits per heavy atom.